The van der Waals surface area contributed by atoms with Crippen molar-refractivity contribution in [1.82, 2.24) is 9.97 Å². The number of carbonyl (C=O) groups is 1. The molecule has 0 unspecified atom stereocenters. The molecule has 0 saturated carbocycles. The van der Waals surface area contributed by atoms with Crippen LogP contribution in [0.3, 0.4) is 0 Å². The fraction of sp³-hybridized carbons (Fsp3) is 0.0833. The van der Waals surface area contributed by atoms with Crippen molar-refractivity contribution < 1.29 is 23.1 Å². The largest absolute Gasteiger partial charge is 0.478 e. The van der Waals surface area contributed by atoms with Gasteiger partial charge in [-0.1, -0.05) is 0 Å². The first kappa shape index (κ1) is 13.8. The molecule has 0 bridgehead atoms. The van der Waals surface area contributed by atoms with Crippen molar-refractivity contribution in [2.75, 3.05) is 5.32 Å². The first-order valence-electron chi connectivity index (χ1n) is 5.37. The highest BCUT2D eigenvalue weighted by Crippen LogP contribution is 2.22. The highest BCUT2D eigenvalue weighted by molar-refractivity contribution is 5.88. The Kier molecular flexibility index (Phi) is 3.55. The van der Waals surface area contributed by atoms with Crippen LogP contribution < -0.4 is 5.32 Å². The first-order chi connectivity index (χ1) is 9.40. The first-order valence-corrected chi connectivity index (χ1v) is 5.37. The van der Waals surface area contributed by atoms with Crippen molar-refractivity contribution in [2.45, 2.75) is 6.92 Å². The van der Waals surface area contributed by atoms with Gasteiger partial charge in [-0.25, -0.2) is 27.9 Å². The Morgan fingerprint density at radius 1 is 1.25 bits per heavy atom. The van der Waals surface area contributed by atoms with Crippen LogP contribution in [-0.4, -0.2) is 21.0 Å². The number of nitrogens with zero attached hydrogens (tertiary/aromatic N) is 2. The number of rotatable bonds is 3. The SMILES string of the molecule is Cc1nc(Nc2ccc(F)c(F)c2F)ncc1C(=O)O. The van der Waals surface area contributed by atoms with Crippen LogP contribution in [0.5, 0.6) is 0 Å². The van der Waals surface area contributed by atoms with Crippen LogP contribution in [0.2, 0.25) is 0 Å². The number of aryl methyl sites for hydroxylation is 1. The van der Waals surface area contributed by atoms with Gasteiger partial charge in [0.05, 0.1) is 16.9 Å². The van der Waals surface area contributed by atoms with E-state index in [1.165, 1.54) is 6.92 Å². The van der Waals surface area contributed by atoms with E-state index in [9.17, 15) is 18.0 Å². The van der Waals surface area contributed by atoms with E-state index in [1.54, 1.807) is 0 Å². The molecule has 1 heterocycles. The molecule has 0 saturated heterocycles. The van der Waals surface area contributed by atoms with E-state index < -0.39 is 23.4 Å². The van der Waals surface area contributed by atoms with Gasteiger partial charge in [0.2, 0.25) is 5.95 Å². The summed E-state index contributed by atoms with van der Waals surface area (Å²) in [5, 5.41) is 11.2. The maximum Gasteiger partial charge on any atom is 0.339 e. The minimum Gasteiger partial charge on any atom is -0.478 e. The zero-order chi connectivity index (χ0) is 14.9. The zero-order valence-corrected chi connectivity index (χ0v) is 10.1. The molecule has 0 amide bonds. The summed E-state index contributed by atoms with van der Waals surface area (Å²) in [4.78, 5) is 18.2. The van der Waals surface area contributed by atoms with E-state index >= 15 is 0 Å². The zero-order valence-electron chi connectivity index (χ0n) is 10.1. The number of aromatic nitrogens is 2. The molecule has 1 aromatic heterocycles. The average Bonchev–Trinajstić information content (AvgIpc) is 2.39. The molecule has 8 heteroatoms. The number of aromatic carboxylic acids is 1. The second-order valence-corrected chi connectivity index (χ2v) is 3.85. The third kappa shape index (κ3) is 2.53. The number of carboxylic acids is 1. The van der Waals surface area contributed by atoms with Crippen molar-refractivity contribution >= 4 is 17.6 Å². The minimum absolute atomic E-state index is 0.110. The Hall–Kier alpha value is -2.64. The van der Waals surface area contributed by atoms with E-state index in [2.05, 4.69) is 15.3 Å². The summed E-state index contributed by atoms with van der Waals surface area (Å²) in [5.41, 5.74) is -0.314. The molecular formula is C12H8F3N3O2. The molecule has 0 aliphatic heterocycles. The maximum atomic E-state index is 13.4. The number of carboxylic acid groups (broad SMARTS) is 1. The molecule has 2 aromatic rings. The van der Waals surface area contributed by atoms with Crippen molar-refractivity contribution in [2.24, 2.45) is 0 Å². The van der Waals surface area contributed by atoms with E-state index in [4.69, 9.17) is 5.11 Å². The molecule has 0 aliphatic carbocycles. The van der Waals surface area contributed by atoms with Crippen LogP contribution >= 0.6 is 0 Å². The van der Waals surface area contributed by atoms with Crippen LogP contribution in [0, 0.1) is 24.4 Å². The summed E-state index contributed by atoms with van der Waals surface area (Å²) >= 11 is 0. The van der Waals surface area contributed by atoms with Gasteiger partial charge in [0.15, 0.2) is 17.5 Å². The predicted molar refractivity (Wildman–Crippen MR) is 63.3 cm³/mol. The van der Waals surface area contributed by atoms with Gasteiger partial charge in [-0.15, -0.1) is 0 Å². The summed E-state index contributed by atoms with van der Waals surface area (Å²) < 4.78 is 39.2. The number of hydrogen-bond donors (Lipinski definition) is 2. The number of benzene rings is 1. The van der Waals surface area contributed by atoms with Gasteiger partial charge in [0.25, 0.3) is 0 Å². The van der Waals surface area contributed by atoms with Crippen LogP contribution in [0.4, 0.5) is 24.8 Å². The molecule has 2 rings (SSSR count). The standard InChI is InChI=1S/C12H8F3N3O2/c1-5-6(11(19)20)4-16-12(17-5)18-8-3-2-7(13)9(14)10(8)15/h2-4H,1H3,(H,19,20)(H,16,17,18). The Bertz CT molecular complexity index is 692. The number of nitrogens with one attached hydrogen (secondary N) is 1. The maximum absolute atomic E-state index is 13.4. The third-order valence-corrected chi connectivity index (χ3v) is 2.49. The summed E-state index contributed by atoms with van der Waals surface area (Å²) in [6.07, 6.45) is 1.03. The van der Waals surface area contributed by atoms with Crippen molar-refractivity contribution in [3.05, 3.63) is 47.0 Å². The number of halogens is 3. The van der Waals surface area contributed by atoms with Crippen LogP contribution in [0.15, 0.2) is 18.3 Å². The van der Waals surface area contributed by atoms with E-state index in [-0.39, 0.29) is 22.9 Å². The quantitative estimate of drug-likeness (QED) is 0.847. The third-order valence-electron chi connectivity index (χ3n) is 2.49. The van der Waals surface area contributed by atoms with Crippen molar-refractivity contribution in [1.29, 1.82) is 0 Å². The van der Waals surface area contributed by atoms with Gasteiger partial charge in [0, 0.05) is 6.20 Å². The Morgan fingerprint density at radius 2 is 1.95 bits per heavy atom. The molecule has 104 valence electrons. The molecule has 0 aliphatic rings. The van der Waals surface area contributed by atoms with Gasteiger partial charge >= 0.3 is 5.97 Å². The second-order valence-electron chi connectivity index (χ2n) is 3.85. The van der Waals surface area contributed by atoms with Crippen molar-refractivity contribution in [3.8, 4) is 0 Å². The fourth-order valence-corrected chi connectivity index (χ4v) is 1.48. The molecule has 0 fully saturated rings. The summed E-state index contributed by atoms with van der Waals surface area (Å²) in [7, 11) is 0. The van der Waals surface area contributed by atoms with Gasteiger partial charge in [0.1, 0.15) is 0 Å². The molecule has 0 atom stereocenters. The lowest BCUT2D eigenvalue weighted by atomic mass is 10.2. The highest BCUT2D eigenvalue weighted by Gasteiger charge is 2.15. The smallest absolute Gasteiger partial charge is 0.339 e. The molecule has 5 nitrogen and oxygen atoms in total. The summed E-state index contributed by atoms with van der Waals surface area (Å²) in [5.74, 6) is -5.67. The monoisotopic (exact) mass is 283 g/mol. The lowest BCUT2D eigenvalue weighted by Gasteiger charge is -2.08. The molecule has 0 radical (unpaired) electrons. The van der Waals surface area contributed by atoms with Gasteiger partial charge < -0.3 is 10.4 Å². The van der Waals surface area contributed by atoms with Gasteiger partial charge in [-0.2, -0.15) is 0 Å². The summed E-state index contributed by atoms with van der Waals surface area (Å²) in [6.45, 7) is 1.43. The van der Waals surface area contributed by atoms with Crippen LogP contribution in [0.25, 0.3) is 0 Å². The van der Waals surface area contributed by atoms with Crippen LogP contribution in [-0.2, 0) is 0 Å². The Morgan fingerprint density at radius 3 is 2.55 bits per heavy atom. The van der Waals surface area contributed by atoms with Gasteiger partial charge in [-0.3, -0.25) is 0 Å². The van der Waals surface area contributed by atoms with Gasteiger partial charge in [-0.05, 0) is 19.1 Å². The molecule has 1 aromatic carbocycles. The summed E-state index contributed by atoms with van der Waals surface area (Å²) in [6, 6.07) is 1.73. The molecular weight excluding hydrogens is 275 g/mol. The predicted octanol–water partition coefficient (Wildman–Crippen LogP) is 2.64. The van der Waals surface area contributed by atoms with Crippen molar-refractivity contribution in [3.63, 3.8) is 0 Å². The Balaban J connectivity index is 2.34. The lowest BCUT2D eigenvalue weighted by Crippen LogP contribution is -2.07. The van der Waals surface area contributed by atoms with E-state index in [0.29, 0.717) is 0 Å². The highest BCUT2D eigenvalue weighted by atomic mass is 19.2. The topological polar surface area (TPSA) is 75.1 Å². The number of anilines is 2. The Labute approximate surface area is 111 Å². The molecule has 20 heavy (non-hydrogen) atoms. The van der Waals surface area contributed by atoms with Crippen LogP contribution in [0.1, 0.15) is 16.1 Å². The molecule has 0 spiro atoms. The van der Waals surface area contributed by atoms with E-state index in [0.717, 1.165) is 18.3 Å². The second kappa shape index (κ2) is 5.16. The number of hydrogen-bond acceptors (Lipinski definition) is 4. The normalized spacial score (nSPS) is 10.4. The lowest BCUT2D eigenvalue weighted by molar-refractivity contribution is 0.0695. The fourth-order valence-electron chi connectivity index (χ4n) is 1.48. The minimum atomic E-state index is -1.62. The average molecular weight is 283 g/mol. The molecule has 2 N–H and O–H groups in total. The van der Waals surface area contributed by atoms with E-state index in [1.807, 2.05) is 0 Å².